The summed E-state index contributed by atoms with van der Waals surface area (Å²) in [5.41, 5.74) is 10.7. The normalized spacial score (nSPS) is 13.6. The Balaban J connectivity index is 3.09. The van der Waals surface area contributed by atoms with Crippen LogP contribution in [-0.2, 0) is 16.0 Å². The molecular weight excluding hydrogens is 378 g/mol. The van der Waals surface area contributed by atoms with Crippen molar-refractivity contribution in [1.29, 1.82) is 5.41 Å². The Bertz CT molecular complexity index is 724. The third-order valence-corrected chi connectivity index (χ3v) is 4.02. The van der Waals surface area contributed by atoms with Gasteiger partial charge in [0.2, 0.25) is 5.91 Å². The van der Waals surface area contributed by atoms with E-state index in [1.54, 1.807) is 6.92 Å². The third-order valence-electron chi connectivity index (χ3n) is 2.97. The molecule has 2 atom stereocenters. The van der Waals surface area contributed by atoms with Gasteiger partial charge in [-0.05, 0) is 13.0 Å². The Labute approximate surface area is 159 Å². The molecule has 12 heteroatoms. The quantitative estimate of drug-likeness (QED) is 0.179. The molecule has 1 heterocycles. The number of amides is 2. The highest BCUT2D eigenvalue weighted by Gasteiger charge is 2.20. The number of hydrogen-bond acceptors (Lipinski definition) is 9. The van der Waals surface area contributed by atoms with E-state index in [0.717, 1.165) is 0 Å². The number of nitrogens with one attached hydrogen (secondary N) is 3. The van der Waals surface area contributed by atoms with Crippen molar-refractivity contribution in [2.45, 2.75) is 19.4 Å². The standard InChI is InChI=1S/C14H21N7O3S2/c1-7(15)5-10(25)21-14-11(13(17)23)18-6-9(20-14)19-8(12(16)22)3-4-26(2)24/h5-6,8,15,25H,3-4H2,1-2H3,(H2,16,22)(H2,17,23)(H2,19,20,21)/b10-5-,15-7?/t8-,26?/m1/s1. The van der Waals surface area contributed by atoms with Crippen LogP contribution >= 0.6 is 12.6 Å². The van der Waals surface area contributed by atoms with E-state index in [4.69, 9.17) is 16.9 Å². The number of nitrogens with zero attached hydrogens (tertiary/aromatic N) is 2. The number of primary amides is 2. The average molecular weight is 400 g/mol. The molecule has 0 bridgehead atoms. The summed E-state index contributed by atoms with van der Waals surface area (Å²) in [6.45, 7) is 1.55. The fourth-order valence-electron chi connectivity index (χ4n) is 1.84. The lowest BCUT2D eigenvalue weighted by molar-refractivity contribution is -0.118. The first-order valence-electron chi connectivity index (χ1n) is 7.35. The monoisotopic (exact) mass is 399 g/mol. The van der Waals surface area contributed by atoms with E-state index in [0.29, 0.717) is 0 Å². The van der Waals surface area contributed by atoms with E-state index in [1.807, 2.05) is 0 Å². The van der Waals surface area contributed by atoms with Crippen LogP contribution in [0.2, 0.25) is 0 Å². The fourth-order valence-corrected chi connectivity index (χ4v) is 2.70. The summed E-state index contributed by atoms with van der Waals surface area (Å²) in [5.74, 6) is -1.00. The Hall–Kier alpha value is -2.31. The van der Waals surface area contributed by atoms with Crippen LogP contribution in [0.1, 0.15) is 23.8 Å². The number of rotatable bonds is 10. The summed E-state index contributed by atoms with van der Waals surface area (Å²) in [4.78, 5) is 31.2. The molecule has 1 aromatic heterocycles. The van der Waals surface area contributed by atoms with Gasteiger partial charge in [0, 0.05) is 12.1 Å². The predicted molar refractivity (Wildman–Crippen MR) is 105 cm³/mol. The molecular formula is C14H21N7O3S2. The maximum atomic E-state index is 11.6. The highest BCUT2D eigenvalue weighted by atomic mass is 32.2. The molecule has 1 unspecified atom stereocenters. The first kappa shape index (κ1) is 21.7. The van der Waals surface area contributed by atoms with Crippen LogP contribution in [-0.4, -0.2) is 50.1 Å². The van der Waals surface area contributed by atoms with Crippen molar-refractivity contribution in [3.05, 3.63) is 23.0 Å². The molecule has 0 aliphatic heterocycles. The summed E-state index contributed by atoms with van der Waals surface area (Å²) in [7, 11) is 0. The number of hydrogen-bond donors (Lipinski definition) is 6. The third kappa shape index (κ3) is 7.29. The van der Waals surface area contributed by atoms with Gasteiger partial charge in [0.05, 0.1) is 17.5 Å². The summed E-state index contributed by atoms with van der Waals surface area (Å²) in [6.07, 6.45) is 4.39. The number of nitrogens with two attached hydrogens (primary N) is 2. The van der Waals surface area contributed by atoms with Crippen LogP contribution in [0.4, 0.5) is 11.6 Å². The molecule has 0 saturated carbocycles. The van der Waals surface area contributed by atoms with Crippen molar-refractivity contribution >= 4 is 53.0 Å². The fraction of sp³-hybridized carbons (Fsp3) is 0.357. The highest BCUT2D eigenvalue weighted by molar-refractivity contribution is 7.90. The van der Waals surface area contributed by atoms with Gasteiger partial charge in [0.15, 0.2) is 11.5 Å². The Morgan fingerprint density at radius 2 is 2.15 bits per heavy atom. The van der Waals surface area contributed by atoms with Gasteiger partial charge in [-0.3, -0.25) is 9.59 Å². The topological polar surface area (TPSA) is 183 Å². The first-order chi connectivity index (χ1) is 12.1. The molecule has 0 saturated heterocycles. The van der Waals surface area contributed by atoms with Crippen LogP contribution in [0.15, 0.2) is 17.3 Å². The zero-order valence-electron chi connectivity index (χ0n) is 14.3. The van der Waals surface area contributed by atoms with E-state index in [-0.39, 0.29) is 40.2 Å². The lowest BCUT2D eigenvalue weighted by Gasteiger charge is -2.17. The molecule has 7 N–H and O–H groups in total. The second-order valence-electron chi connectivity index (χ2n) is 5.32. The van der Waals surface area contributed by atoms with Gasteiger partial charge >= 0.3 is 0 Å². The van der Waals surface area contributed by atoms with Gasteiger partial charge in [0.1, 0.15) is 17.6 Å². The lowest BCUT2D eigenvalue weighted by atomic mass is 10.2. The second-order valence-corrected chi connectivity index (χ2v) is 7.36. The minimum absolute atomic E-state index is 0.00675. The van der Waals surface area contributed by atoms with Crippen LogP contribution in [0.5, 0.6) is 0 Å². The van der Waals surface area contributed by atoms with E-state index in [1.165, 1.54) is 18.5 Å². The van der Waals surface area contributed by atoms with Gasteiger partial charge in [-0.15, -0.1) is 12.6 Å². The number of allylic oxidation sites excluding steroid dienone is 1. The Morgan fingerprint density at radius 3 is 2.65 bits per heavy atom. The van der Waals surface area contributed by atoms with Crippen molar-refractivity contribution in [3.63, 3.8) is 0 Å². The van der Waals surface area contributed by atoms with Crippen molar-refractivity contribution in [2.24, 2.45) is 11.5 Å². The van der Waals surface area contributed by atoms with Gasteiger partial charge in [-0.2, -0.15) is 0 Å². The molecule has 0 aliphatic rings. The molecule has 0 aromatic carbocycles. The Kier molecular flexibility index (Phi) is 8.35. The van der Waals surface area contributed by atoms with Crippen LogP contribution < -0.4 is 22.1 Å². The SMILES string of the molecule is CC(=N)/C=C(\S)Nc1nc(N[C@H](CC[S+](C)[O-])C(N)=O)cnc1C(N)=O. The number of thiol groups is 1. The maximum absolute atomic E-state index is 11.6. The number of carbonyl (C=O) groups excluding carboxylic acids is 2. The molecule has 142 valence electrons. The zero-order chi connectivity index (χ0) is 19.9. The smallest absolute Gasteiger partial charge is 0.271 e. The minimum Gasteiger partial charge on any atom is -0.617 e. The number of carbonyl (C=O) groups is 2. The van der Waals surface area contributed by atoms with Gasteiger partial charge < -0.3 is 32.1 Å². The molecule has 2 amide bonds. The molecule has 0 fully saturated rings. The van der Waals surface area contributed by atoms with Crippen molar-refractivity contribution < 1.29 is 14.1 Å². The van der Waals surface area contributed by atoms with Gasteiger partial charge in [0.25, 0.3) is 5.91 Å². The van der Waals surface area contributed by atoms with E-state index < -0.39 is 29.0 Å². The number of aromatic nitrogens is 2. The summed E-state index contributed by atoms with van der Waals surface area (Å²) >= 11 is 3.07. The molecule has 1 rings (SSSR count). The first-order valence-corrected chi connectivity index (χ1v) is 9.53. The predicted octanol–water partition coefficient (Wildman–Crippen LogP) is -0.167. The molecule has 10 nitrogen and oxygen atoms in total. The highest BCUT2D eigenvalue weighted by Crippen LogP contribution is 2.17. The Morgan fingerprint density at radius 1 is 1.50 bits per heavy atom. The van der Waals surface area contributed by atoms with Crippen molar-refractivity contribution in [2.75, 3.05) is 22.6 Å². The molecule has 1 aromatic rings. The van der Waals surface area contributed by atoms with E-state index in [2.05, 4.69) is 33.2 Å². The lowest BCUT2D eigenvalue weighted by Crippen LogP contribution is -2.37. The van der Waals surface area contributed by atoms with Crippen LogP contribution in [0.3, 0.4) is 0 Å². The molecule has 0 aliphatic carbocycles. The van der Waals surface area contributed by atoms with Crippen LogP contribution in [0, 0.1) is 5.41 Å². The maximum Gasteiger partial charge on any atom is 0.271 e. The average Bonchev–Trinajstić information content (AvgIpc) is 2.49. The van der Waals surface area contributed by atoms with Crippen LogP contribution in [0.25, 0.3) is 0 Å². The summed E-state index contributed by atoms with van der Waals surface area (Å²) in [6, 6.07) is -0.810. The van der Waals surface area contributed by atoms with Gasteiger partial charge in [-0.25, -0.2) is 9.97 Å². The summed E-state index contributed by atoms with van der Waals surface area (Å²) in [5, 5.41) is 13.2. The zero-order valence-corrected chi connectivity index (χ0v) is 16.0. The van der Waals surface area contributed by atoms with Crippen molar-refractivity contribution in [3.8, 4) is 0 Å². The second kappa shape index (κ2) is 9.99. The molecule has 0 spiro atoms. The number of anilines is 2. The summed E-state index contributed by atoms with van der Waals surface area (Å²) < 4.78 is 11.2. The molecule has 26 heavy (non-hydrogen) atoms. The minimum atomic E-state index is -1.08. The van der Waals surface area contributed by atoms with Gasteiger partial charge in [-0.1, -0.05) is 11.2 Å². The van der Waals surface area contributed by atoms with Crippen molar-refractivity contribution in [1.82, 2.24) is 9.97 Å². The van der Waals surface area contributed by atoms with E-state index >= 15 is 0 Å². The largest absolute Gasteiger partial charge is 0.617 e. The van der Waals surface area contributed by atoms with E-state index in [9.17, 15) is 14.1 Å². The molecule has 0 radical (unpaired) electrons.